The lowest BCUT2D eigenvalue weighted by Gasteiger charge is -2.19. The molecule has 0 spiro atoms. The van der Waals surface area contributed by atoms with Crippen molar-refractivity contribution in [3.63, 3.8) is 0 Å². The molecule has 23 heavy (non-hydrogen) atoms. The zero-order valence-electron chi connectivity index (χ0n) is 12.1. The summed E-state index contributed by atoms with van der Waals surface area (Å²) in [7, 11) is 0. The molecule has 1 aromatic rings. The van der Waals surface area contributed by atoms with Gasteiger partial charge in [0.05, 0.1) is 17.7 Å². The molecule has 10 heteroatoms. The first kappa shape index (κ1) is 18.8. The summed E-state index contributed by atoms with van der Waals surface area (Å²) < 4.78 is 69.9. The van der Waals surface area contributed by atoms with Crippen molar-refractivity contribution in [2.75, 3.05) is 6.61 Å². The van der Waals surface area contributed by atoms with Crippen molar-refractivity contribution in [2.24, 2.45) is 5.73 Å². The molecule has 1 amide bonds. The molecule has 5 nitrogen and oxygen atoms in total. The first-order chi connectivity index (χ1) is 10.6. The Kier molecular flexibility index (Phi) is 5.62. The second-order valence-corrected chi connectivity index (χ2v) is 4.31. The molecule has 0 bridgehead atoms. The number of aromatic nitrogens is 1. The minimum atomic E-state index is -5.19. The van der Waals surface area contributed by atoms with E-state index in [-0.39, 0.29) is 13.0 Å². The molecule has 0 saturated heterocycles. The maximum atomic E-state index is 13.1. The van der Waals surface area contributed by atoms with E-state index < -0.39 is 52.6 Å². The van der Waals surface area contributed by atoms with Crippen LogP contribution in [0.4, 0.5) is 22.0 Å². The van der Waals surface area contributed by atoms with Crippen LogP contribution in [0.15, 0.2) is 0 Å². The number of carbonyl (C=O) groups is 2. The number of primary amides is 1. The van der Waals surface area contributed by atoms with Gasteiger partial charge in [-0.05, 0) is 18.9 Å². The molecule has 0 aliphatic carbocycles. The van der Waals surface area contributed by atoms with Crippen LogP contribution in [-0.4, -0.2) is 23.5 Å². The zero-order valence-corrected chi connectivity index (χ0v) is 12.1. The van der Waals surface area contributed by atoms with E-state index in [0.717, 1.165) is 0 Å². The Balaban J connectivity index is 3.93. The van der Waals surface area contributed by atoms with Gasteiger partial charge in [0.25, 0.3) is 12.3 Å². The third kappa shape index (κ3) is 3.74. The van der Waals surface area contributed by atoms with Gasteiger partial charge in [-0.1, -0.05) is 6.92 Å². The number of halogens is 5. The molecule has 1 heterocycles. The molecule has 0 aliphatic rings. The van der Waals surface area contributed by atoms with E-state index >= 15 is 0 Å². The van der Waals surface area contributed by atoms with Crippen molar-refractivity contribution in [2.45, 2.75) is 32.9 Å². The van der Waals surface area contributed by atoms with E-state index in [2.05, 4.69) is 9.72 Å². The molecule has 0 unspecified atom stereocenters. The molecule has 128 valence electrons. The number of amides is 1. The van der Waals surface area contributed by atoms with Crippen molar-refractivity contribution < 1.29 is 36.3 Å². The number of ether oxygens (including phenoxy) is 1. The van der Waals surface area contributed by atoms with E-state index in [1.165, 1.54) is 13.8 Å². The normalized spacial score (nSPS) is 11.7. The van der Waals surface area contributed by atoms with Crippen LogP contribution in [0.5, 0.6) is 0 Å². The fraction of sp³-hybridized carbons (Fsp3) is 0.462. The van der Waals surface area contributed by atoms with E-state index in [0.29, 0.717) is 0 Å². The van der Waals surface area contributed by atoms with Gasteiger partial charge in [0, 0.05) is 0 Å². The number of pyridine rings is 1. The van der Waals surface area contributed by atoms with Gasteiger partial charge < -0.3 is 10.5 Å². The summed E-state index contributed by atoms with van der Waals surface area (Å²) in [6, 6.07) is 0. The number of alkyl halides is 5. The summed E-state index contributed by atoms with van der Waals surface area (Å²) in [5, 5.41) is 0. The molecule has 1 rings (SSSR count). The van der Waals surface area contributed by atoms with Crippen molar-refractivity contribution in [3.05, 3.63) is 28.1 Å². The van der Waals surface area contributed by atoms with Crippen LogP contribution in [0.2, 0.25) is 0 Å². The minimum absolute atomic E-state index is 0.248. The predicted molar refractivity (Wildman–Crippen MR) is 68.0 cm³/mol. The number of carbonyl (C=O) groups excluding carboxylic acids is 2. The lowest BCUT2D eigenvalue weighted by Crippen LogP contribution is -2.26. The molecular formula is C13H13F5N2O3. The molecule has 0 fully saturated rings. The maximum absolute atomic E-state index is 13.1. The fourth-order valence-corrected chi connectivity index (χ4v) is 2.07. The van der Waals surface area contributed by atoms with Gasteiger partial charge in [0.2, 0.25) is 0 Å². The molecule has 0 radical (unpaired) electrons. The Hall–Kier alpha value is -2.26. The van der Waals surface area contributed by atoms with Crippen LogP contribution < -0.4 is 5.73 Å². The van der Waals surface area contributed by atoms with Crippen LogP contribution in [0.1, 0.15) is 57.9 Å². The van der Waals surface area contributed by atoms with Crippen molar-refractivity contribution >= 4 is 11.9 Å². The highest BCUT2D eigenvalue weighted by atomic mass is 19.4. The number of esters is 1. The number of nitrogens with zero attached hydrogens (tertiary/aromatic N) is 1. The summed E-state index contributed by atoms with van der Waals surface area (Å²) in [5.74, 6) is -2.81. The van der Waals surface area contributed by atoms with Gasteiger partial charge in [-0.25, -0.2) is 18.6 Å². The summed E-state index contributed by atoms with van der Waals surface area (Å²) in [5.41, 5.74) is -0.769. The Morgan fingerprint density at radius 3 is 2.13 bits per heavy atom. The van der Waals surface area contributed by atoms with Gasteiger partial charge >= 0.3 is 12.1 Å². The van der Waals surface area contributed by atoms with Crippen LogP contribution >= 0.6 is 0 Å². The van der Waals surface area contributed by atoms with E-state index in [4.69, 9.17) is 5.73 Å². The third-order valence-electron chi connectivity index (χ3n) is 2.88. The lowest BCUT2D eigenvalue weighted by atomic mass is 9.95. The fourth-order valence-electron chi connectivity index (χ4n) is 2.07. The predicted octanol–water partition coefficient (Wildman–Crippen LogP) is 2.88. The monoisotopic (exact) mass is 340 g/mol. The first-order valence-electron chi connectivity index (χ1n) is 6.45. The number of rotatable bonds is 5. The molecule has 2 N–H and O–H groups in total. The lowest BCUT2D eigenvalue weighted by molar-refractivity contribution is -0.142. The second kappa shape index (κ2) is 6.88. The third-order valence-corrected chi connectivity index (χ3v) is 2.88. The Labute approximate surface area is 127 Å². The minimum Gasteiger partial charge on any atom is -0.462 e. The Morgan fingerprint density at radius 1 is 1.22 bits per heavy atom. The summed E-state index contributed by atoms with van der Waals surface area (Å²) in [6.07, 6.45) is -8.98. The Bertz CT molecular complexity index is 629. The molecule has 0 aliphatic heterocycles. The van der Waals surface area contributed by atoms with Crippen LogP contribution in [0, 0.1) is 0 Å². The van der Waals surface area contributed by atoms with Gasteiger partial charge in [0.1, 0.15) is 5.69 Å². The largest absolute Gasteiger partial charge is 0.462 e. The Morgan fingerprint density at radius 2 is 1.78 bits per heavy atom. The molecule has 0 aromatic carbocycles. The van der Waals surface area contributed by atoms with E-state index in [1.54, 1.807) is 0 Å². The van der Waals surface area contributed by atoms with Crippen molar-refractivity contribution in [3.8, 4) is 0 Å². The zero-order chi connectivity index (χ0) is 17.9. The van der Waals surface area contributed by atoms with Crippen LogP contribution in [-0.2, 0) is 17.3 Å². The average Bonchev–Trinajstić information content (AvgIpc) is 2.43. The van der Waals surface area contributed by atoms with Crippen molar-refractivity contribution in [1.29, 1.82) is 0 Å². The average molecular weight is 340 g/mol. The maximum Gasteiger partial charge on any atom is 0.434 e. The summed E-state index contributed by atoms with van der Waals surface area (Å²) in [4.78, 5) is 26.1. The highest BCUT2D eigenvalue weighted by Gasteiger charge is 2.42. The summed E-state index contributed by atoms with van der Waals surface area (Å²) in [6.45, 7) is 2.40. The first-order valence-corrected chi connectivity index (χ1v) is 6.45. The van der Waals surface area contributed by atoms with Crippen LogP contribution in [0.25, 0.3) is 0 Å². The van der Waals surface area contributed by atoms with Gasteiger partial charge in [-0.15, -0.1) is 0 Å². The molecule has 0 saturated carbocycles. The molecular weight excluding hydrogens is 327 g/mol. The smallest absolute Gasteiger partial charge is 0.434 e. The highest BCUT2D eigenvalue weighted by Crippen LogP contribution is 2.37. The molecule has 0 atom stereocenters. The molecule has 1 aromatic heterocycles. The standard InChI is InChI=1S/C13H13F5N2O3/c1-3-5-6(11(19)21)8(10(14)15)20-9(13(16,17)18)7(5)12(22)23-4-2/h10H,3-4H2,1-2H3,(H2,19,21). The topological polar surface area (TPSA) is 82.3 Å². The summed E-state index contributed by atoms with van der Waals surface area (Å²) >= 11 is 0. The van der Waals surface area contributed by atoms with Crippen molar-refractivity contribution in [1.82, 2.24) is 4.98 Å². The second-order valence-electron chi connectivity index (χ2n) is 4.31. The van der Waals surface area contributed by atoms with Gasteiger partial charge in [-0.2, -0.15) is 13.2 Å². The van der Waals surface area contributed by atoms with E-state index in [1.807, 2.05) is 0 Å². The van der Waals surface area contributed by atoms with E-state index in [9.17, 15) is 31.5 Å². The number of nitrogens with two attached hydrogens (primary N) is 1. The van der Waals surface area contributed by atoms with Gasteiger partial charge in [0.15, 0.2) is 5.69 Å². The van der Waals surface area contributed by atoms with Crippen LogP contribution in [0.3, 0.4) is 0 Å². The van der Waals surface area contributed by atoms with Gasteiger partial charge in [-0.3, -0.25) is 4.79 Å². The number of hydrogen-bond donors (Lipinski definition) is 1. The quantitative estimate of drug-likeness (QED) is 0.660. The highest BCUT2D eigenvalue weighted by molar-refractivity contribution is 6.01. The SMILES string of the molecule is CCOC(=O)c1c(C(F)(F)F)nc(C(F)F)c(C(N)=O)c1CC. The number of hydrogen-bond acceptors (Lipinski definition) is 4.